The van der Waals surface area contributed by atoms with E-state index >= 15 is 0 Å². The van der Waals surface area contributed by atoms with Crippen molar-refractivity contribution in [1.82, 2.24) is 0 Å². The summed E-state index contributed by atoms with van der Waals surface area (Å²) in [7, 11) is 1.91. The zero-order chi connectivity index (χ0) is 13.2. The molecule has 2 aromatic carbocycles. The Morgan fingerprint density at radius 3 is 2.68 bits per heavy atom. The lowest BCUT2D eigenvalue weighted by molar-refractivity contribution is 1.13. The third-order valence-corrected chi connectivity index (χ3v) is 4.36. The fourth-order valence-electron chi connectivity index (χ4n) is 2.08. The van der Waals surface area contributed by atoms with Crippen LogP contribution in [0.1, 0.15) is 16.5 Å². The number of nitrogens with one attached hydrogen (secondary N) is 2. The van der Waals surface area contributed by atoms with Gasteiger partial charge in [0, 0.05) is 23.3 Å². The van der Waals surface area contributed by atoms with Crippen LogP contribution in [0.4, 0.5) is 11.4 Å². The Bertz CT molecular complexity index is 643. The molecule has 0 radical (unpaired) electrons. The van der Waals surface area contributed by atoms with E-state index in [0.717, 1.165) is 16.3 Å². The summed E-state index contributed by atoms with van der Waals surface area (Å²) in [4.78, 5) is 1.14. The van der Waals surface area contributed by atoms with Crippen molar-refractivity contribution in [3.63, 3.8) is 0 Å². The van der Waals surface area contributed by atoms with Crippen LogP contribution in [0.2, 0.25) is 0 Å². The molecule has 0 saturated heterocycles. The van der Waals surface area contributed by atoms with Gasteiger partial charge in [0.15, 0.2) is 0 Å². The average molecular weight is 267 g/mol. The number of hydrogen-bond acceptors (Lipinski definition) is 4. The molecule has 2 aromatic rings. The number of rotatable bonds is 2. The number of thioether (sulfide) groups is 1. The molecule has 0 aliphatic carbocycles. The first-order valence-corrected chi connectivity index (χ1v) is 6.93. The summed E-state index contributed by atoms with van der Waals surface area (Å²) in [6, 6.07) is 16.3. The molecule has 94 valence electrons. The highest BCUT2D eigenvalue weighted by Crippen LogP contribution is 2.46. The van der Waals surface area contributed by atoms with Crippen molar-refractivity contribution in [1.29, 1.82) is 5.26 Å². The number of nitrogens with zero attached hydrogens (tertiary/aromatic N) is 1. The number of nitriles is 1. The van der Waals surface area contributed by atoms with Crippen LogP contribution in [-0.4, -0.2) is 7.05 Å². The molecule has 19 heavy (non-hydrogen) atoms. The first kappa shape index (κ1) is 11.9. The van der Waals surface area contributed by atoms with Gasteiger partial charge in [-0.1, -0.05) is 23.9 Å². The zero-order valence-corrected chi connectivity index (χ0v) is 11.3. The summed E-state index contributed by atoms with van der Waals surface area (Å²) in [5.74, 6) is 0. The van der Waals surface area contributed by atoms with E-state index in [1.807, 2.05) is 25.2 Å². The van der Waals surface area contributed by atoms with Crippen LogP contribution in [0.25, 0.3) is 0 Å². The molecule has 1 aliphatic heterocycles. The molecule has 1 unspecified atom stereocenters. The molecule has 2 N–H and O–H groups in total. The van der Waals surface area contributed by atoms with E-state index in [1.54, 1.807) is 11.8 Å². The van der Waals surface area contributed by atoms with E-state index in [9.17, 15) is 0 Å². The Morgan fingerprint density at radius 1 is 1.21 bits per heavy atom. The fraction of sp³-hybridized carbons (Fsp3) is 0.133. The topological polar surface area (TPSA) is 47.8 Å². The lowest BCUT2D eigenvalue weighted by atomic mass is 10.2. The standard InChI is InChI=1S/C15H13N3S/c1-17-12-5-3-11(4-6-12)15-18-13-7-2-10(9-16)8-14(13)19-15/h2-8,15,17-18H,1H3. The number of hydrogen-bond donors (Lipinski definition) is 2. The highest BCUT2D eigenvalue weighted by Gasteiger charge is 2.22. The van der Waals surface area contributed by atoms with E-state index in [2.05, 4.69) is 41.0 Å². The third kappa shape index (κ3) is 2.25. The maximum atomic E-state index is 8.92. The van der Waals surface area contributed by atoms with Crippen LogP contribution in [0.5, 0.6) is 0 Å². The summed E-state index contributed by atoms with van der Waals surface area (Å²) in [5, 5.41) is 15.7. The maximum Gasteiger partial charge on any atom is 0.103 e. The quantitative estimate of drug-likeness (QED) is 0.868. The molecule has 1 heterocycles. The molecule has 3 rings (SSSR count). The second-order valence-electron chi connectivity index (χ2n) is 4.34. The third-order valence-electron chi connectivity index (χ3n) is 3.14. The molecule has 0 spiro atoms. The normalized spacial score (nSPS) is 16.3. The number of anilines is 2. The monoisotopic (exact) mass is 267 g/mol. The average Bonchev–Trinajstić information content (AvgIpc) is 2.90. The van der Waals surface area contributed by atoms with Gasteiger partial charge in [0.05, 0.1) is 11.6 Å². The molecular formula is C15H13N3S. The molecule has 0 aromatic heterocycles. The van der Waals surface area contributed by atoms with Crippen LogP contribution < -0.4 is 10.6 Å². The molecule has 1 aliphatic rings. The summed E-state index contributed by atoms with van der Waals surface area (Å²) >= 11 is 1.75. The van der Waals surface area contributed by atoms with Crippen LogP contribution in [-0.2, 0) is 0 Å². The Balaban J connectivity index is 1.84. The summed E-state index contributed by atoms with van der Waals surface area (Å²) in [6.07, 6.45) is 0. The predicted molar refractivity (Wildman–Crippen MR) is 79.4 cm³/mol. The van der Waals surface area contributed by atoms with Crippen molar-refractivity contribution in [2.45, 2.75) is 10.3 Å². The first-order chi connectivity index (χ1) is 9.30. The second kappa shape index (κ2) is 4.87. The SMILES string of the molecule is CNc1ccc(C2Nc3ccc(C#N)cc3S2)cc1. The lowest BCUT2D eigenvalue weighted by Crippen LogP contribution is -2.01. The Hall–Kier alpha value is -2.12. The summed E-state index contributed by atoms with van der Waals surface area (Å²) in [6.45, 7) is 0. The molecular weight excluding hydrogens is 254 g/mol. The van der Waals surface area contributed by atoms with Gasteiger partial charge in [0.1, 0.15) is 5.37 Å². The van der Waals surface area contributed by atoms with Crippen LogP contribution >= 0.6 is 11.8 Å². The maximum absolute atomic E-state index is 8.92. The molecule has 0 fully saturated rings. The summed E-state index contributed by atoms with van der Waals surface area (Å²) in [5.41, 5.74) is 4.15. The highest BCUT2D eigenvalue weighted by molar-refractivity contribution is 8.00. The molecule has 3 nitrogen and oxygen atoms in total. The van der Waals surface area contributed by atoms with Gasteiger partial charge in [-0.3, -0.25) is 0 Å². The van der Waals surface area contributed by atoms with Gasteiger partial charge in [-0.25, -0.2) is 0 Å². The van der Waals surface area contributed by atoms with Crippen molar-refractivity contribution in [3.8, 4) is 6.07 Å². The van der Waals surface area contributed by atoms with E-state index in [4.69, 9.17) is 5.26 Å². The smallest absolute Gasteiger partial charge is 0.103 e. The first-order valence-electron chi connectivity index (χ1n) is 6.05. The Labute approximate surface area is 116 Å². The van der Waals surface area contributed by atoms with Crippen molar-refractivity contribution < 1.29 is 0 Å². The largest absolute Gasteiger partial charge is 0.388 e. The van der Waals surface area contributed by atoms with Crippen LogP contribution in [0.15, 0.2) is 47.4 Å². The van der Waals surface area contributed by atoms with Crippen molar-refractivity contribution in [3.05, 3.63) is 53.6 Å². The van der Waals surface area contributed by atoms with E-state index in [1.165, 1.54) is 5.56 Å². The van der Waals surface area contributed by atoms with Crippen molar-refractivity contribution in [2.75, 3.05) is 17.7 Å². The molecule has 0 amide bonds. The lowest BCUT2D eigenvalue weighted by Gasteiger charge is -2.11. The minimum Gasteiger partial charge on any atom is -0.388 e. The zero-order valence-electron chi connectivity index (χ0n) is 10.5. The van der Waals surface area contributed by atoms with E-state index in [-0.39, 0.29) is 5.37 Å². The van der Waals surface area contributed by atoms with Gasteiger partial charge in [0.2, 0.25) is 0 Å². The molecule has 4 heteroatoms. The number of benzene rings is 2. The molecule has 0 saturated carbocycles. The predicted octanol–water partition coefficient (Wildman–Crippen LogP) is 3.82. The van der Waals surface area contributed by atoms with Gasteiger partial charge in [-0.15, -0.1) is 0 Å². The molecule has 1 atom stereocenters. The van der Waals surface area contributed by atoms with E-state index < -0.39 is 0 Å². The Morgan fingerprint density at radius 2 is 2.00 bits per heavy atom. The van der Waals surface area contributed by atoms with Crippen LogP contribution in [0, 0.1) is 11.3 Å². The van der Waals surface area contributed by atoms with Gasteiger partial charge in [0.25, 0.3) is 0 Å². The van der Waals surface area contributed by atoms with Crippen molar-refractivity contribution >= 4 is 23.1 Å². The van der Waals surface area contributed by atoms with Crippen molar-refractivity contribution in [2.24, 2.45) is 0 Å². The van der Waals surface area contributed by atoms with Gasteiger partial charge in [-0.2, -0.15) is 5.26 Å². The van der Waals surface area contributed by atoms with E-state index in [0.29, 0.717) is 5.56 Å². The highest BCUT2D eigenvalue weighted by atomic mass is 32.2. The molecule has 0 bridgehead atoms. The minimum atomic E-state index is 0.217. The minimum absolute atomic E-state index is 0.217. The van der Waals surface area contributed by atoms with Gasteiger partial charge >= 0.3 is 0 Å². The fourth-order valence-corrected chi connectivity index (χ4v) is 3.26. The number of fused-ring (bicyclic) bond motifs is 1. The van der Waals surface area contributed by atoms with Gasteiger partial charge in [-0.05, 0) is 35.9 Å². The van der Waals surface area contributed by atoms with Gasteiger partial charge < -0.3 is 10.6 Å². The Kier molecular flexibility index (Phi) is 3.06. The summed E-state index contributed by atoms with van der Waals surface area (Å²) < 4.78 is 0. The second-order valence-corrected chi connectivity index (χ2v) is 5.48. The van der Waals surface area contributed by atoms with Crippen LogP contribution in [0.3, 0.4) is 0 Å².